The smallest absolute Gasteiger partial charge is 0.118 e. The Morgan fingerprint density at radius 1 is 1.10 bits per heavy atom. The summed E-state index contributed by atoms with van der Waals surface area (Å²) in [7, 11) is 1.72. The molecule has 1 nitrogen and oxygen atoms in total. The maximum atomic E-state index is 5.25. The maximum absolute atomic E-state index is 5.25. The minimum atomic E-state index is 0.484. The molecule has 1 aliphatic carbocycles. The first kappa shape index (κ1) is 16.1. The second kappa shape index (κ2) is 7.15. The van der Waals surface area contributed by atoms with Crippen molar-refractivity contribution in [3.63, 3.8) is 0 Å². The van der Waals surface area contributed by atoms with Crippen LogP contribution in [-0.2, 0) is 0 Å². The Morgan fingerprint density at radius 3 is 2.33 bits per heavy atom. The van der Waals surface area contributed by atoms with Gasteiger partial charge in [-0.2, -0.15) is 0 Å². The number of benzene rings is 1. The van der Waals surface area contributed by atoms with E-state index < -0.39 is 0 Å². The standard InChI is InChI=1S/C20H30O/c1-14(2)20-11-6-15(3)12-18(20)13-16(4)17-7-9-19(21-5)10-8-17/h7-10,13-16,20H,6,11-12H2,1-5H3/b18-13+/t15-,16+,20+/m1/s1. The molecule has 21 heavy (non-hydrogen) atoms. The summed E-state index contributed by atoms with van der Waals surface area (Å²) in [6.45, 7) is 9.44. The van der Waals surface area contributed by atoms with Crippen LogP contribution in [0.15, 0.2) is 35.9 Å². The van der Waals surface area contributed by atoms with E-state index in [0.717, 1.165) is 23.5 Å². The van der Waals surface area contributed by atoms with Crippen LogP contribution in [0.1, 0.15) is 58.4 Å². The van der Waals surface area contributed by atoms with Crippen molar-refractivity contribution < 1.29 is 4.74 Å². The molecule has 0 aromatic heterocycles. The summed E-state index contributed by atoms with van der Waals surface area (Å²) in [5.41, 5.74) is 3.07. The van der Waals surface area contributed by atoms with E-state index in [1.54, 1.807) is 12.7 Å². The van der Waals surface area contributed by atoms with E-state index in [0.29, 0.717) is 5.92 Å². The van der Waals surface area contributed by atoms with Crippen molar-refractivity contribution in [3.05, 3.63) is 41.5 Å². The number of hydrogen-bond donors (Lipinski definition) is 0. The average molecular weight is 286 g/mol. The minimum Gasteiger partial charge on any atom is -0.497 e. The van der Waals surface area contributed by atoms with Crippen LogP contribution in [0.4, 0.5) is 0 Å². The van der Waals surface area contributed by atoms with E-state index in [1.807, 2.05) is 0 Å². The van der Waals surface area contributed by atoms with Crippen molar-refractivity contribution >= 4 is 0 Å². The number of rotatable bonds is 4. The number of allylic oxidation sites excluding steroid dienone is 2. The lowest BCUT2D eigenvalue weighted by atomic mass is 9.73. The van der Waals surface area contributed by atoms with Gasteiger partial charge in [-0.05, 0) is 60.6 Å². The predicted molar refractivity (Wildman–Crippen MR) is 90.8 cm³/mol. The molecule has 1 aromatic rings. The van der Waals surface area contributed by atoms with E-state index in [4.69, 9.17) is 4.74 Å². The van der Waals surface area contributed by atoms with Gasteiger partial charge >= 0.3 is 0 Å². The zero-order chi connectivity index (χ0) is 15.4. The number of hydrogen-bond acceptors (Lipinski definition) is 1. The van der Waals surface area contributed by atoms with Crippen LogP contribution >= 0.6 is 0 Å². The third kappa shape index (κ3) is 4.12. The van der Waals surface area contributed by atoms with Gasteiger partial charge in [0, 0.05) is 0 Å². The summed E-state index contributed by atoms with van der Waals surface area (Å²) in [6.07, 6.45) is 6.56. The zero-order valence-corrected chi connectivity index (χ0v) is 14.2. The first-order chi connectivity index (χ1) is 10.0. The predicted octanol–water partition coefficient (Wildman–Crippen LogP) is 5.82. The van der Waals surface area contributed by atoms with Crippen LogP contribution < -0.4 is 4.74 Å². The SMILES string of the molecule is COc1ccc([C@@H](C)/C=C2\C[C@H](C)CC[C@H]2C(C)C)cc1. The van der Waals surface area contributed by atoms with Gasteiger partial charge in [-0.3, -0.25) is 0 Å². The molecule has 1 saturated carbocycles. The van der Waals surface area contributed by atoms with Gasteiger partial charge < -0.3 is 4.74 Å². The van der Waals surface area contributed by atoms with Gasteiger partial charge in [-0.1, -0.05) is 51.5 Å². The molecule has 116 valence electrons. The summed E-state index contributed by atoms with van der Waals surface area (Å²) < 4.78 is 5.25. The topological polar surface area (TPSA) is 9.23 Å². The van der Waals surface area contributed by atoms with Crippen LogP contribution in [0.5, 0.6) is 5.75 Å². The van der Waals surface area contributed by atoms with Gasteiger partial charge in [0.2, 0.25) is 0 Å². The van der Waals surface area contributed by atoms with Crippen molar-refractivity contribution in [2.75, 3.05) is 7.11 Å². The molecule has 0 unspecified atom stereocenters. The van der Waals surface area contributed by atoms with E-state index in [1.165, 1.54) is 24.8 Å². The Morgan fingerprint density at radius 2 is 1.76 bits per heavy atom. The Bertz CT molecular complexity index is 469. The molecule has 2 rings (SSSR count). The molecular weight excluding hydrogens is 256 g/mol. The van der Waals surface area contributed by atoms with Crippen LogP contribution in [0.2, 0.25) is 0 Å². The van der Waals surface area contributed by atoms with Gasteiger partial charge in [-0.25, -0.2) is 0 Å². The third-order valence-corrected chi connectivity index (χ3v) is 4.94. The molecule has 0 bridgehead atoms. The molecule has 0 spiro atoms. The maximum Gasteiger partial charge on any atom is 0.118 e. The lowest BCUT2D eigenvalue weighted by Crippen LogP contribution is -2.20. The molecule has 0 radical (unpaired) electrons. The van der Waals surface area contributed by atoms with E-state index in [2.05, 4.69) is 58.0 Å². The first-order valence-corrected chi connectivity index (χ1v) is 8.35. The van der Waals surface area contributed by atoms with Gasteiger partial charge in [0.05, 0.1) is 7.11 Å². The van der Waals surface area contributed by atoms with Crippen LogP contribution in [0, 0.1) is 17.8 Å². The fourth-order valence-electron chi connectivity index (χ4n) is 3.58. The van der Waals surface area contributed by atoms with Crippen molar-refractivity contribution in [1.82, 2.24) is 0 Å². The van der Waals surface area contributed by atoms with Crippen molar-refractivity contribution in [2.45, 2.75) is 52.9 Å². The molecule has 1 heteroatoms. The molecule has 1 fully saturated rings. The first-order valence-electron chi connectivity index (χ1n) is 8.35. The molecule has 0 heterocycles. The summed E-state index contributed by atoms with van der Waals surface area (Å²) in [4.78, 5) is 0. The van der Waals surface area contributed by atoms with Crippen LogP contribution in [0.3, 0.4) is 0 Å². The lowest BCUT2D eigenvalue weighted by Gasteiger charge is -2.33. The van der Waals surface area contributed by atoms with Crippen molar-refractivity contribution in [1.29, 1.82) is 0 Å². The Hall–Kier alpha value is -1.24. The highest BCUT2D eigenvalue weighted by Crippen LogP contribution is 2.39. The highest BCUT2D eigenvalue weighted by molar-refractivity contribution is 5.32. The lowest BCUT2D eigenvalue weighted by molar-refractivity contribution is 0.306. The number of methoxy groups -OCH3 is 1. The third-order valence-electron chi connectivity index (χ3n) is 4.94. The molecular formula is C20H30O. The van der Waals surface area contributed by atoms with E-state index in [-0.39, 0.29) is 0 Å². The minimum absolute atomic E-state index is 0.484. The highest BCUT2D eigenvalue weighted by Gasteiger charge is 2.25. The molecule has 1 aliphatic rings. The second-order valence-electron chi connectivity index (χ2n) is 7.04. The van der Waals surface area contributed by atoms with E-state index >= 15 is 0 Å². The monoisotopic (exact) mass is 286 g/mol. The zero-order valence-electron chi connectivity index (χ0n) is 14.2. The van der Waals surface area contributed by atoms with Gasteiger partial charge in [0.25, 0.3) is 0 Å². The van der Waals surface area contributed by atoms with E-state index in [9.17, 15) is 0 Å². The van der Waals surface area contributed by atoms with Crippen molar-refractivity contribution in [3.8, 4) is 5.75 Å². The second-order valence-corrected chi connectivity index (χ2v) is 7.04. The Kier molecular flexibility index (Phi) is 5.50. The molecule has 3 atom stereocenters. The summed E-state index contributed by atoms with van der Waals surface area (Å²) in [6, 6.07) is 8.51. The fraction of sp³-hybridized carbons (Fsp3) is 0.600. The largest absolute Gasteiger partial charge is 0.497 e. The number of ether oxygens (including phenoxy) is 1. The summed E-state index contributed by atoms with van der Waals surface area (Å²) >= 11 is 0. The summed E-state index contributed by atoms with van der Waals surface area (Å²) in [5, 5.41) is 0. The quantitative estimate of drug-likeness (QED) is 0.634. The molecule has 0 saturated heterocycles. The fourth-order valence-corrected chi connectivity index (χ4v) is 3.58. The Balaban J connectivity index is 2.17. The van der Waals surface area contributed by atoms with Gasteiger partial charge in [0.1, 0.15) is 5.75 Å². The molecule has 0 N–H and O–H groups in total. The molecule has 1 aromatic carbocycles. The average Bonchev–Trinajstić information content (AvgIpc) is 2.47. The molecule has 0 amide bonds. The summed E-state index contributed by atoms with van der Waals surface area (Å²) in [5.74, 6) is 3.80. The van der Waals surface area contributed by atoms with Gasteiger partial charge in [-0.15, -0.1) is 0 Å². The van der Waals surface area contributed by atoms with Crippen LogP contribution in [-0.4, -0.2) is 7.11 Å². The van der Waals surface area contributed by atoms with Crippen molar-refractivity contribution in [2.24, 2.45) is 17.8 Å². The normalized spacial score (nSPS) is 26.1. The molecule has 0 aliphatic heterocycles. The highest BCUT2D eigenvalue weighted by atomic mass is 16.5. The van der Waals surface area contributed by atoms with Gasteiger partial charge in [0.15, 0.2) is 0 Å². The van der Waals surface area contributed by atoms with Crippen LogP contribution in [0.25, 0.3) is 0 Å². The Labute approximate surface area is 130 Å².